The van der Waals surface area contributed by atoms with Gasteiger partial charge in [-0.25, -0.2) is 4.79 Å². The van der Waals surface area contributed by atoms with E-state index in [0.29, 0.717) is 17.7 Å². The lowest BCUT2D eigenvalue weighted by Crippen LogP contribution is -2.00. The summed E-state index contributed by atoms with van der Waals surface area (Å²) in [7, 11) is 1.34. The van der Waals surface area contributed by atoms with Gasteiger partial charge < -0.3 is 9.72 Å². The van der Waals surface area contributed by atoms with Gasteiger partial charge in [-0.3, -0.25) is 4.79 Å². The number of H-pyrrole nitrogens is 1. The first-order valence-corrected chi connectivity index (χ1v) is 5.40. The van der Waals surface area contributed by atoms with Gasteiger partial charge in [0.25, 0.3) is 0 Å². The lowest BCUT2D eigenvalue weighted by atomic mass is 10.1. The zero-order chi connectivity index (χ0) is 12.4. The molecule has 0 spiro atoms. The highest BCUT2D eigenvalue weighted by molar-refractivity contribution is 6.07. The molecule has 0 amide bonds. The van der Waals surface area contributed by atoms with E-state index < -0.39 is 5.97 Å². The smallest absolute Gasteiger partial charge is 0.338 e. The molecule has 0 radical (unpaired) electrons. The maximum absolute atomic E-state index is 11.6. The number of rotatable bonds is 3. The summed E-state index contributed by atoms with van der Waals surface area (Å²) < 4.78 is 4.70. The van der Waals surface area contributed by atoms with E-state index in [4.69, 9.17) is 4.74 Å². The summed E-state index contributed by atoms with van der Waals surface area (Å²) in [4.78, 5) is 26.1. The van der Waals surface area contributed by atoms with E-state index in [-0.39, 0.29) is 5.78 Å². The molecule has 0 fully saturated rings. The zero-order valence-corrected chi connectivity index (χ0v) is 9.74. The molecule has 17 heavy (non-hydrogen) atoms. The van der Waals surface area contributed by atoms with Crippen LogP contribution in [-0.4, -0.2) is 23.8 Å². The number of fused-ring (bicyclic) bond motifs is 1. The number of methoxy groups -OCH3 is 1. The van der Waals surface area contributed by atoms with Crippen molar-refractivity contribution in [1.29, 1.82) is 0 Å². The normalized spacial score (nSPS) is 10.5. The van der Waals surface area contributed by atoms with Crippen LogP contribution in [0.15, 0.2) is 24.3 Å². The van der Waals surface area contributed by atoms with Gasteiger partial charge in [-0.05, 0) is 18.2 Å². The minimum Gasteiger partial charge on any atom is -0.465 e. The average molecular weight is 231 g/mol. The van der Waals surface area contributed by atoms with Crippen LogP contribution >= 0.6 is 0 Å². The van der Waals surface area contributed by atoms with Crippen molar-refractivity contribution in [3.63, 3.8) is 0 Å². The van der Waals surface area contributed by atoms with Gasteiger partial charge in [-0.15, -0.1) is 0 Å². The standard InChI is InChI=1S/C13H13NO3/c1-3-12(15)11-7-9-8(13(16)17-2)5-4-6-10(9)14-11/h4-7,14H,3H2,1-2H3. The van der Waals surface area contributed by atoms with Crippen molar-refractivity contribution in [2.24, 2.45) is 0 Å². The maximum atomic E-state index is 11.6. The molecule has 4 heteroatoms. The first-order chi connectivity index (χ1) is 8.17. The van der Waals surface area contributed by atoms with E-state index in [9.17, 15) is 9.59 Å². The van der Waals surface area contributed by atoms with E-state index in [2.05, 4.69) is 4.98 Å². The molecule has 0 unspecified atom stereocenters. The third-order valence-electron chi connectivity index (χ3n) is 2.69. The van der Waals surface area contributed by atoms with Crippen molar-refractivity contribution in [3.8, 4) is 0 Å². The van der Waals surface area contributed by atoms with E-state index in [1.807, 2.05) is 6.07 Å². The minimum absolute atomic E-state index is 0.0250. The number of esters is 1. The van der Waals surface area contributed by atoms with Crippen molar-refractivity contribution in [3.05, 3.63) is 35.5 Å². The summed E-state index contributed by atoms with van der Waals surface area (Å²) in [5, 5.41) is 0.719. The summed E-state index contributed by atoms with van der Waals surface area (Å²) in [6.07, 6.45) is 0.431. The molecular weight excluding hydrogens is 218 g/mol. The second-order valence-electron chi connectivity index (χ2n) is 3.72. The molecule has 0 aliphatic carbocycles. The molecule has 1 aromatic heterocycles. The van der Waals surface area contributed by atoms with Crippen LogP contribution in [0.5, 0.6) is 0 Å². The molecule has 0 aliphatic heterocycles. The van der Waals surface area contributed by atoms with Gasteiger partial charge in [0, 0.05) is 17.3 Å². The van der Waals surface area contributed by atoms with Crippen molar-refractivity contribution in [2.45, 2.75) is 13.3 Å². The Morgan fingerprint density at radius 1 is 1.35 bits per heavy atom. The van der Waals surface area contributed by atoms with Crippen LogP contribution in [0.2, 0.25) is 0 Å². The summed E-state index contributed by atoms with van der Waals surface area (Å²) in [5.74, 6) is -0.373. The number of nitrogens with one attached hydrogen (secondary N) is 1. The molecule has 88 valence electrons. The van der Waals surface area contributed by atoms with Gasteiger partial charge in [0.15, 0.2) is 5.78 Å². The summed E-state index contributed by atoms with van der Waals surface area (Å²) in [6.45, 7) is 1.80. The number of benzene rings is 1. The highest BCUT2D eigenvalue weighted by atomic mass is 16.5. The monoisotopic (exact) mass is 231 g/mol. The lowest BCUT2D eigenvalue weighted by Gasteiger charge is -1.99. The van der Waals surface area contributed by atoms with Crippen LogP contribution in [0, 0.1) is 0 Å². The SMILES string of the molecule is CCC(=O)c1cc2c(C(=O)OC)cccc2[nH]1. The fourth-order valence-corrected chi connectivity index (χ4v) is 1.78. The summed E-state index contributed by atoms with van der Waals surface area (Å²) in [5.41, 5.74) is 1.76. The quantitative estimate of drug-likeness (QED) is 0.652. The molecule has 0 saturated heterocycles. The number of hydrogen-bond acceptors (Lipinski definition) is 3. The third kappa shape index (κ3) is 1.93. The highest BCUT2D eigenvalue weighted by Gasteiger charge is 2.14. The largest absolute Gasteiger partial charge is 0.465 e. The predicted molar refractivity (Wildman–Crippen MR) is 64.3 cm³/mol. The van der Waals surface area contributed by atoms with Gasteiger partial charge in [0.05, 0.1) is 18.4 Å². The Morgan fingerprint density at radius 3 is 2.76 bits per heavy atom. The Balaban J connectivity index is 2.60. The van der Waals surface area contributed by atoms with Gasteiger partial charge in [-0.2, -0.15) is 0 Å². The molecule has 0 aliphatic rings. The second-order valence-corrected chi connectivity index (χ2v) is 3.72. The van der Waals surface area contributed by atoms with Crippen LogP contribution in [0.25, 0.3) is 10.9 Å². The first-order valence-electron chi connectivity index (χ1n) is 5.40. The molecule has 2 rings (SSSR count). The number of hydrogen-bond donors (Lipinski definition) is 1. The van der Waals surface area contributed by atoms with Gasteiger partial charge in [-0.1, -0.05) is 13.0 Å². The molecule has 1 aromatic carbocycles. The molecule has 2 aromatic rings. The number of aromatic nitrogens is 1. The van der Waals surface area contributed by atoms with E-state index in [0.717, 1.165) is 10.9 Å². The van der Waals surface area contributed by atoms with Crippen LogP contribution in [0.1, 0.15) is 34.2 Å². The molecule has 1 N–H and O–H groups in total. The molecule has 0 bridgehead atoms. The Morgan fingerprint density at radius 2 is 2.12 bits per heavy atom. The predicted octanol–water partition coefficient (Wildman–Crippen LogP) is 2.55. The number of carbonyl (C=O) groups excluding carboxylic acids is 2. The fourth-order valence-electron chi connectivity index (χ4n) is 1.78. The number of ether oxygens (including phenoxy) is 1. The van der Waals surface area contributed by atoms with Gasteiger partial charge in [0.1, 0.15) is 0 Å². The van der Waals surface area contributed by atoms with Crippen LogP contribution in [0.4, 0.5) is 0 Å². The van der Waals surface area contributed by atoms with Gasteiger partial charge in [0.2, 0.25) is 0 Å². The average Bonchev–Trinajstić information content (AvgIpc) is 2.80. The molecule has 1 heterocycles. The maximum Gasteiger partial charge on any atom is 0.338 e. The molecular formula is C13H13NO3. The second kappa shape index (κ2) is 4.41. The van der Waals surface area contributed by atoms with Gasteiger partial charge >= 0.3 is 5.97 Å². The zero-order valence-electron chi connectivity index (χ0n) is 9.74. The summed E-state index contributed by atoms with van der Waals surface area (Å²) in [6, 6.07) is 6.97. The number of ketones is 1. The van der Waals surface area contributed by atoms with Crippen molar-refractivity contribution in [1.82, 2.24) is 4.98 Å². The number of aromatic amines is 1. The Kier molecular flexibility index (Phi) is 2.95. The minimum atomic E-state index is -0.398. The first kappa shape index (κ1) is 11.4. The van der Waals surface area contributed by atoms with E-state index >= 15 is 0 Å². The van der Waals surface area contributed by atoms with Crippen molar-refractivity contribution in [2.75, 3.05) is 7.11 Å². The van der Waals surface area contributed by atoms with E-state index in [1.165, 1.54) is 7.11 Å². The Labute approximate surface area is 98.6 Å². The topological polar surface area (TPSA) is 59.2 Å². The van der Waals surface area contributed by atoms with Crippen LogP contribution in [0.3, 0.4) is 0 Å². The fraction of sp³-hybridized carbons (Fsp3) is 0.231. The molecule has 4 nitrogen and oxygen atoms in total. The molecule has 0 atom stereocenters. The number of Topliss-reactive ketones (excluding diaryl/α,β-unsaturated/α-hetero) is 1. The van der Waals surface area contributed by atoms with Crippen LogP contribution in [-0.2, 0) is 4.74 Å². The molecule has 0 saturated carbocycles. The summed E-state index contributed by atoms with van der Waals surface area (Å²) >= 11 is 0. The van der Waals surface area contributed by atoms with Crippen molar-refractivity contribution < 1.29 is 14.3 Å². The van der Waals surface area contributed by atoms with Crippen molar-refractivity contribution >= 4 is 22.7 Å². The van der Waals surface area contributed by atoms with Crippen LogP contribution < -0.4 is 0 Å². The Bertz CT molecular complexity index is 583. The Hall–Kier alpha value is -2.10. The number of carbonyl (C=O) groups is 2. The highest BCUT2D eigenvalue weighted by Crippen LogP contribution is 2.21. The third-order valence-corrected chi connectivity index (χ3v) is 2.69. The lowest BCUT2D eigenvalue weighted by molar-refractivity contribution is 0.0603. The van der Waals surface area contributed by atoms with E-state index in [1.54, 1.807) is 25.1 Å².